The Morgan fingerprint density at radius 1 is 1.13 bits per heavy atom. The van der Waals surface area contributed by atoms with Crippen LogP contribution in [0.4, 0.5) is 11.5 Å². The summed E-state index contributed by atoms with van der Waals surface area (Å²) < 4.78 is 1.83. The first kappa shape index (κ1) is 21.5. The highest BCUT2D eigenvalue weighted by atomic mass is 35.5. The van der Waals surface area contributed by atoms with E-state index in [4.69, 9.17) is 21.6 Å². The number of aromatic nitrogens is 4. The van der Waals surface area contributed by atoms with Crippen LogP contribution in [0, 0.1) is 0 Å². The quantitative estimate of drug-likeness (QED) is 0.137. The molecule has 1 unspecified atom stereocenters. The average molecular weight is 454 g/mol. The van der Waals surface area contributed by atoms with E-state index in [0.717, 1.165) is 40.9 Å². The number of alkyl halides is 1. The average Bonchev–Trinajstić information content (AvgIpc) is 3.17. The molecule has 0 spiro atoms. The SMILES string of the molecule is CCCCSc1nc(Nc2cccc(O)c2)c2cnn(CC(Cl)c3ccccc3)c2n1. The Hall–Kier alpha value is -2.77. The number of thioether (sulfide) groups is 1. The molecule has 2 aromatic heterocycles. The highest BCUT2D eigenvalue weighted by Crippen LogP contribution is 2.30. The second-order valence-corrected chi connectivity index (χ2v) is 8.76. The molecule has 0 saturated heterocycles. The van der Waals surface area contributed by atoms with E-state index in [1.165, 1.54) is 0 Å². The second-order valence-electron chi connectivity index (χ2n) is 7.17. The van der Waals surface area contributed by atoms with Crippen LogP contribution in [0.5, 0.6) is 5.75 Å². The van der Waals surface area contributed by atoms with Crippen molar-refractivity contribution in [1.29, 1.82) is 0 Å². The number of nitrogens with zero attached hydrogens (tertiary/aromatic N) is 4. The van der Waals surface area contributed by atoms with Crippen molar-refractivity contribution in [3.8, 4) is 5.75 Å². The number of fused-ring (bicyclic) bond motifs is 1. The van der Waals surface area contributed by atoms with Crippen molar-refractivity contribution in [1.82, 2.24) is 19.7 Å². The molecule has 0 aliphatic carbocycles. The summed E-state index contributed by atoms with van der Waals surface area (Å²) in [5.41, 5.74) is 2.52. The number of hydrogen-bond acceptors (Lipinski definition) is 6. The van der Waals surface area contributed by atoms with Crippen molar-refractivity contribution in [3.05, 3.63) is 66.4 Å². The van der Waals surface area contributed by atoms with Crippen LogP contribution in [0.25, 0.3) is 11.0 Å². The summed E-state index contributed by atoms with van der Waals surface area (Å²) in [4.78, 5) is 9.50. The monoisotopic (exact) mass is 453 g/mol. The number of nitrogens with one attached hydrogen (secondary N) is 1. The Kier molecular flexibility index (Phi) is 6.94. The number of unbranched alkanes of at least 4 members (excludes halogenated alkanes) is 1. The van der Waals surface area contributed by atoms with Gasteiger partial charge in [0, 0.05) is 17.5 Å². The summed E-state index contributed by atoms with van der Waals surface area (Å²) in [5, 5.41) is 18.9. The molecule has 6 nitrogen and oxygen atoms in total. The smallest absolute Gasteiger partial charge is 0.191 e. The van der Waals surface area contributed by atoms with E-state index in [-0.39, 0.29) is 11.1 Å². The lowest BCUT2D eigenvalue weighted by atomic mass is 10.1. The van der Waals surface area contributed by atoms with Crippen LogP contribution in [0.2, 0.25) is 0 Å². The lowest BCUT2D eigenvalue weighted by molar-refractivity contribution is 0.475. The maximum Gasteiger partial charge on any atom is 0.191 e. The first-order valence-electron chi connectivity index (χ1n) is 10.3. The summed E-state index contributed by atoms with van der Waals surface area (Å²) in [6.45, 7) is 2.66. The van der Waals surface area contributed by atoms with E-state index in [1.54, 1.807) is 36.2 Å². The predicted molar refractivity (Wildman–Crippen MR) is 127 cm³/mol. The minimum atomic E-state index is -0.224. The highest BCUT2D eigenvalue weighted by molar-refractivity contribution is 7.99. The van der Waals surface area contributed by atoms with Gasteiger partial charge in [-0.3, -0.25) is 0 Å². The molecule has 0 bridgehead atoms. The van der Waals surface area contributed by atoms with Gasteiger partial charge >= 0.3 is 0 Å². The lowest BCUT2D eigenvalue weighted by Crippen LogP contribution is -2.08. The molecule has 0 aliphatic rings. The number of aromatic hydroxyl groups is 1. The van der Waals surface area contributed by atoms with Crippen molar-refractivity contribution in [2.45, 2.75) is 36.8 Å². The molecule has 31 heavy (non-hydrogen) atoms. The molecule has 0 radical (unpaired) electrons. The standard InChI is InChI=1S/C23H24ClN5OS/c1-2-3-12-31-23-27-21(26-17-10-7-11-18(30)13-17)19-14-25-29(22(19)28-23)15-20(24)16-8-5-4-6-9-16/h4-11,13-14,20,30H,2-3,12,15H2,1H3,(H,26,27,28). The summed E-state index contributed by atoms with van der Waals surface area (Å²) in [6, 6.07) is 16.9. The third kappa shape index (κ3) is 5.29. The number of hydrogen-bond donors (Lipinski definition) is 2. The predicted octanol–water partition coefficient (Wildman–Crippen LogP) is 6.15. The number of phenolic OH excluding ortho intramolecular Hbond substituents is 1. The first-order chi connectivity index (χ1) is 15.1. The van der Waals surface area contributed by atoms with Gasteiger partial charge in [0.15, 0.2) is 10.8 Å². The third-order valence-electron chi connectivity index (χ3n) is 4.81. The van der Waals surface area contributed by atoms with E-state index in [1.807, 2.05) is 41.1 Å². The molecule has 0 aliphatic heterocycles. The second kappa shape index (κ2) is 10.0. The first-order valence-corrected chi connectivity index (χ1v) is 11.7. The number of halogens is 1. The van der Waals surface area contributed by atoms with Gasteiger partial charge in [-0.05, 0) is 24.1 Å². The summed E-state index contributed by atoms with van der Waals surface area (Å²) in [6.07, 6.45) is 3.97. The molecule has 2 aromatic carbocycles. The summed E-state index contributed by atoms with van der Waals surface area (Å²) >= 11 is 8.30. The van der Waals surface area contributed by atoms with Crippen LogP contribution < -0.4 is 5.32 Å². The summed E-state index contributed by atoms with van der Waals surface area (Å²) in [5.74, 6) is 1.80. The highest BCUT2D eigenvalue weighted by Gasteiger charge is 2.17. The molecule has 0 fully saturated rings. The molecule has 0 amide bonds. The molecule has 160 valence electrons. The van der Waals surface area contributed by atoms with Gasteiger partial charge in [0.05, 0.1) is 23.5 Å². The Morgan fingerprint density at radius 3 is 2.74 bits per heavy atom. The van der Waals surface area contributed by atoms with Crippen molar-refractivity contribution in [3.63, 3.8) is 0 Å². The van der Waals surface area contributed by atoms with Gasteiger partial charge in [0.1, 0.15) is 11.6 Å². The topological polar surface area (TPSA) is 75.9 Å². The molecular formula is C23H24ClN5OS. The fourth-order valence-corrected chi connectivity index (χ4v) is 4.37. The molecule has 1 atom stereocenters. The fraction of sp³-hybridized carbons (Fsp3) is 0.261. The largest absolute Gasteiger partial charge is 0.508 e. The number of anilines is 2. The number of rotatable bonds is 9. The van der Waals surface area contributed by atoms with Gasteiger partial charge in [-0.1, -0.05) is 61.5 Å². The van der Waals surface area contributed by atoms with E-state index >= 15 is 0 Å². The fourth-order valence-electron chi connectivity index (χ4n) is 3.18. The molecule has 2 heterocycles. The minimum absolute atomic E-state index is 0.191. The molecule has 0 saturated carbocycles. The normalized spacial score (nSPS) is 12.2. The van der Waals surface area contributed by atoms with E-state index in [9.17, 15) is 5.11 Å². The molecule has 4 rings (SSSR count). The van der Waals surface area contributed by atoms with Crippen LogP contribution in [0.1, 0.15) is 30.7 Å². The molecule has 4 aromatic rings. The Morgan fingerprint density at radius 2 is 1.97 bits per heavy atom. The Labute approximate surface area is 190 Å². The van der Waals surface area contributed by atoms with Crippen molar-refractivity contribution in [2.75, 3.05) is 11.1 Å². The Balaban J connectivity index is 1.68. The van der Waals surface area contributed by atoms with Gasteiger partial charge in [-0.25, -0.2) is 14.6 Å². The van der Waals surface area contributed by atoms with Crippen molar-refractivity contribution in [2.24, 2.45) is 0 Å². The van der Waals surface area contributed by atoms with Gasteiger partial charge < -0.3 is 10.4 Å². The number of benzene rings is 2. The zero-order chi connectivity index (χ0) is 21.6. The zero-order valence-electron chi connectivity index (χ0n) is 17.2. The van der Waals surface area contributed by atoms with Gasteiger partial charge in [0.25, 0.3) is 0 Å². The van der Waals surface area contributed by atoms with Gasteiger partial charge in [-0.2, -0.15) is 5.10 Å². The van der Waals surface area contributed by atoms with E-state index in [0.29, 0.717) is 17.5 Å². The minimum Gasteiger partial charge on any atom is -0.508 e. The van der Waals surface area contributed by atoms with Gasteiger partial charge in [0.2, 0.25) is 0 Å². The Bertz CT molecular complexity index is 1150. The summed E-state index contributed by atoms with van der Waals surface area (Å²) in [7, 11) is 0. The van der Waals surface area contributed by atoms with Crippen LogP contribution in [-0.2, 0) is 6.54 Å². The van der Waals surface area contributed by atoms with E-state index < -0.39 is 0 Å². The maximum atomic E-state index is 9.81. The van der Waals surface area contributed by atoms with Crippen LogP contribution in [-0.4, -0.2) is 30.6 Å². The van der Waals surface area contributed by atoms with Crippen LogP contribution in [0.3, 0.4) is 0 Å². The van der Waals surface area contributed by atoms with Crippen molar-refractivity contribution < 1.29 is 5.11 Å². The zero-order valence-corrected chi connectivity index (χ0v) is 18.8. The molecule has 2 N–H and O–H groups in total. The van der Waals surface area contributed by atoms with Crippen molar-refractivity contribution >= 4 is 45.9 Å². The third-order valence-corrected chi connectivity index (χ3v) is 6.13. The maximum absolute atomic E-state index is 9.81. The van der Waals surface area contributed by atoms with Crippen LogP contribution >= 0.6 is 23.4 Å². The molecular weight excluding hydrogens is 430 g/mol. The molecule has 8 heteroatoms. The van der Waals surface area contributed by atoms with Gasteiger partial charge in [-0.15, -0.1) is 11.6 Å². The number of phenols is 1. The van der Waals surface area contributed by atoms with Crippen LogP contribution in [0.15, 0.2) is 66.0 Å². The lowest BCUT2D eigenvalue weighted by Gasteiger charge is -2.12. The van der Waals surface area contributed by atoms with E-state index in [2.05, 4.69) is 17.3 Å².